The Morgan fingerprint density at radius 3 is 2.65 bits per heavy atom. The standard InChI is InChI=1S/C17H23FN6O2/c1-23-8-6-12(7-9-23)24(2)16-20-15(21-17(25)22-16)19-11-4-5-14(26-3)13(18)10-11/h4-5,10,12H,6-9H2,1-3H3,(H2,19,20,21,22,25). The summed E-state index contributed by atoms with van der Waals surface area (Å²) in [4.78, 5) is 16.5. The molecule has 0 bridgehead atoms. The smallest absolute Gasteiger partial charge is 0.320 e. The summed E-state index contributed by atoms with van der Waals surface area (Å²) in [6.45, 7) is 2.00. The fourth-order valence-electron chi connectivity index (χ4n) is 2.99. The van der Waals surface area contributed by atoms with Gasteiger partial charge in [-0.15, -0.1) is 0 Å². The fraction of sp³-hybridized carbons (Fsp3) is 0.471. The van der Waals surface area contributed by atoms with Crippen LogP contribution in [0.1, 0.15) is 12.8 Å². The molecule has 2 heterocycles. The third-order valence-corrected chi connectivity index (χ3v) is 4.57. The van der Waals surface area contributed by atoms with E-state index in [-0.39, 0.29) is 17.7 Å². The number of hydrogen-bond donors (Lipinski definition) is 2. The summed E-state index contributed by atoms with van der Waals surface area (Å²) in [6, 6.07) is 4.33. The predicted octanol–water partition coefficient (Wildman–Crippen LogP) is 2.00. The molecular weight excluding hydrogens is 339 g/mol. The van der Waals surface area contributed by atoms with Crippen LogP contribution in [0.3, 0.4) is 0 Å². The molecule has 1 aromatic carbocycles. The Hall–Kier alpha value is -2.68. The Morgan fingerprint density at radius 2 is 2.00 bits per heavy atom. The van der Waals surface area contributed by atoms with Crippen LogP contribution in [0.25, 0.3) is 0 Å². The van der Waals surface area contributed by atoms with Crippen LogP contribution < -0.4 is 15.0 Å². The first-order valence-corrected chi connectivity index (χ1v) is 8.43. The van der Waals surface area contributed by atoms with E-state index in [2.05, 4.69) is 32.2 Å². The number of nitrogens with zero attached hydrogens (tertiary/aromatic N) is 5. The molecule has 0 atom stereocenters. The summed E-state index contributed by atoms with van der Waals surface area (Å²) in [5.74, 6) is 0.177. The van der Waals surface area contributed by atoms with Gasteiger partial charge < -0.3 is 25.0 Å². The average molecular weight is 362 g/mol. The molecule has 0 unspecified atom stereocenters. The van der Waals surface area contributed by atoms with E-state index < -0.39 is 5.82 Å². The van der Waals surface area contributed by atoms with Gasteiger partial charge in [0.25, 0.3) is 0 Å². The van der Waals surface area contributed by atoms with Crippen LogP contribution in [0.5, 0.6) is 11.8 Å². The van der Waals surface area contributed by atoms with Crippen molar-refractivity contribution in [1.29, 1.82) is 0 Å². The van der Waals surface area contributed by atoms with E-state index in [0.29, 0.717) is 17.7 Å². The lowest BCUT2D eigenvalue weighted by Crippen LogP contribution is -2.42. The number of hydrogen-bond acceptors (Lipinski definition) is 8. The lowest BCUT2D eigenvalue weighted by molar-refractivity contribution is 0.252. The lowest BCUT2D eigenvalue weighted by atomic mass is 10.0. The molecular formula is C17H23FN6O2. The third kappa shape index (κ3) is 4.10. The van der Waals surface area contributed by atoms with Crippen LogP contribution in [0.4, 0.5) is 22.0 Å². The van der Waals surface area contributed by atoms with Gasteiger partial charge in [-0.2, -0.15) is 15.0 Å². The van der Waals surface area contributed by atoms with Gasteiger partial charge in [0.2, 0.25) is 11.9 Å². The van der Waals surface area contributed by atoms with E-state index in [4.69, 9.17) is 4.74 Å². The van der Waals surface area contributed by atoms with Crippen molar-refractivity contribution in [3.63, 3.8) is 0 Å². The van der Waals surface area contributed by atoms with Crippen LogP contribution in [-0.4, -0.2) is 65.3 Å². The molecule has 8 nitrogen and oxygen atoms in total. The second-order valence-electron chi connectivity index (χ2n) is 6.38. The van der Waals surface area contributed by atoms with E-state index in [0.717, 1.165) is 25.9 Å². The summed E-state index contributed by atoms with van der Waals surface area (Å²) in [5, 5.41) is 12.8. The molecule has 1 saturated heterocycles. The SMILES string of the molecule is COc1ccc(Nc2nc(O)nc(N(C)C3CCN(C)CC3)n2)cc1F. The van der Waals surface area contributed by atoms with Crippen molar-refractivity contribution >= 4 is 17.6 Å². The van der Waals surface area contributed by atoms with Crippen LogP contribution >= 0.6 is 0 Å². The van der Waals surface area contributed by atoms with Gasteiger partial charge in [0, 0.05) is 24.8 Å². The zero-order valence-electron chi connectivity index (χ0n) is 15.1. The predicted molar refractivity (Wildman–Crippen MR) is 96.6 cm³/mol. The zero-order valence-corrected chi connectivity index (χ0v) is 15.1. The Kier molecular flexibility index (Phi) is 5.36. The second kappa shape index (κ2) is 7.69. The molecule has 0 aliphatic carbocycles. The number of piperidine rings is 1. The molecule has 2 aromatic rings. The maximum Gasteiger partial charge on any atom is 0.320 e. The molecule has 3 rings (SSSR count). The molecule has 2 N–H and O–H groups in total. The molecule has 0 amide bonds. The van der Waals surface area contributed by atoms with Gasteiger partial charge in [-0.05, 0) is 45.1 Å². The van der Waals surface area contributed by atoms with E-state index in [1.165, 1.54) is 19.2 Å². The number of ether oxygens (including phenoxy) is 1. The van der Waals surface area contributed by atoms with Gasteiger partial charge in [0.05, 0.1) is 7.11 Å². The minimum atomic E-state index is -0.501. The second-order valence-corrected chi connectivity index (χ2v) is 6.38. The summed E-state index contributed by atoms with van der Waals surface area (Å²) in [6.07, 6.45) is 1.98. The van der Waals surface area contributed by atoms with Crippen molar-refractivity contribution in [3.05, 3.63) is 24.0 Å². The Labute approximate surface area is 151 Å². The normalized spacial score (nSPS) is 15.7. The molecule has 0 radical (unpaired) electrons. The Bertz CT molecular complexity index is 767. The summed E-state index contributed by atoms with van der Waals surface area (Å²) >= 11 is 0. The highest BCUT2D eigenvalue weighted by molar-refractivity contribution is 5.56. The van der Waals surface area contributed by atoms with Crippen molar-refractivity contribution < 1.29 is 14.2 Å². The molecule has 26 heavy (non-hydrogen) atoms. The molecule has 1 aliphatic rings. The van der Waals surface area contributed by atoms with E-state index in [1.54, 1.807) is 6.07 Å². The molecule has 0 spiro atoms. The van der Waals surface area contributed by atoms with Crippen LogP contribution in [-0.2, 0) is 0 Å². The molecule has 1 aromatic heterocycles. The highest BCUT2D eigenvalue weighted by Crippen LogP contribution is 2.25. The fourth-order valence-corrected chi connectivity index (χ4v) is 2.99. The highest BCUT2D eigenvalue weighted by Gasteiger charge is 2.23. The van der Waals surface area contributed by atoms with Crippen molar-refractivity contribution in [1.82, 2.24) is 19.9 Å². The van der Waals surface area contributed by atoms with Gasteiger partial charge >= 0.3 is 6.01 Å². The van der Waals surface area contributed by atoms with Crippen LogP contribution in [0.15, 0.2) is 18.2 Å². The van der Waals surface area contributed by atoms with E-state index in [1.807, 2.05) is 11.9 Å². The Balaban J connectivity index is 1.78. The topological polar surface area (TPSA) is 86.6 Å². The first-order chi connectivity index (χ1) is 12.5. The summed E-state index contributed by atoms with van der Waals surface area (Å²) < 4.78 is 18.7. The molecule has 140 valence electrons. The van der Waals surface area contributed by atoms with Gasteiger partial charge in [-0.3, -0.25) is 0 Å². The quantitative estimate of drug-likeness (QED) is 0.835. The van der Waals surface area contributed by atoms with E-state index in [9.17, 15) is 9.50 Å². The molecule has 9 heteroatoms. The number of methoxy groups -OCH3 is 1. The highest BCUT2D eigenvalue weighted by atomic mass is 19.1. The first-order valence-electron chi connectivity index (χ1n) is 8.43. The van der Waals surface area contributed by atoms with Crippen molar-refractivity contribution in [2.45, 2.75) is 18.9 Å². The van der Waals surface area contributed by atoms with Gasteiger partial charge in [0.1, 0.15) is 0 Å². The monoisotopic (exact) mass is 362 g/mol. The zero-order chi connectivity index (χ0) is 18.7. The summed E-state index contributed by atoms with van der Waals surface area (Å²) in [5.41, 5.74) is 0.446. The van der Waals surface area contributed by atoms with Crippen molar-refractivity contribution in [2.75, 3.05) is 44.5 Å². The third-order valence-electron chi connectivity index (χ3n) is 4.57. The number of rotatable bonds is 5. The number of halogens is 1. The van der Waals surface area contributed by atoms with Crippen LogP contribution in [0.2, 0.25) is 0 Å². The van der Waals surface area contributed by atoms with Gasteiger partial charge in [-0.25, -0.2) is 4.39 Å². The van der Waals surface area contributed by atoms with Gasteiger partial charge in [0.15, 0.2) is 11.6 Å². The summed E-state index contributed by atoms with van der Waals surface area (Å²) in [7, 11) is 5.41. The van der Waals surface area contributed by atoms with Crippen molar-refractivity contribution in [2.24, 2.45) is 0 Å². The lowest BCUT2D eigenvalue weighted by Gasteiger charge is -2.35. The maximum atomic E-state index is 13.8. The van der Waals surface area contributed by atoms with E-state index >= 15 is 0 Å². The minimum Gasteiger partial charge on any atom is -0.494 e. The molecule has 1 aliphatic heterocycles. The minimum absolute atomic E-state index is 0.150. The van der Waals surface area contributed by atoms with Crippen LogP contribution in [0, 0.1) is 5.82 Å². The number of likely N-dealkylation sites (tertiary alicyclic amines) is 1. The first kappa shape index (κ1) is 18.1. The number of benzene rings is 1. The number of anilines is 3. The molecule has 0 saturated carbocycles. The number of aromatic hydroxyl groups is 1. The van der Waals surface area contributed by atoms with Crippen molar-refractivity contribution in [3.8, 4) is 11.8 Å². The molecule has 1 fully saturated rings. The van der Waals surface area contributed by atoms with Gasteiger partial charge in [-0.1, -0.05) is 0 Å². The largest absolute Gasteiger partial charge is 0.494 e. The number of nitrogens with one attached hydrogen (secondary N) is 1. The maximum absolute atomic E-state index is 13.8. The Morgan fingerprint density at radius 1 is 1.27 bits per heavy atom. The number of aromatic nitrogens is 3. The average Bonchev–Trinajstić information content (AvgIpc) is 2.61.